The van der Waals surface area contributed by atoms with Crippen LogP contribution in [0.5, 0.6) is 0 Å². The number of ether oxygens (including phenoxy) is 1. The largest absolute Gasteiger partial charge is 0.481 e. The van der Waals surface area contributed by atoms with Crippen LogP contribution in [0.4, 0.5) is 0 Å². The van der Waals surface area contributed by atoms with E-state index < -0.39 is 48.0 Å². The molecule has 0 spiro atoms. The van der Waals surface area contributed by atoms with Gasteiger partial charge in [-0.1, -0.05) is 77.4 Å². The summed E-state index contributed by atoms with van der Waals surface area (Å²) in [5.74, 6) is -3.28. The minimum atomic E-state index is -0.950. The normalized spacial score (nSPS) is 17.9. The molecule has 1 aromatic carbocycles. The van der Waals surface area contributed by atoms with Crippen LogP contribution >= 0.6 is 0 Å². The van der Waals surface area contributed by atoms with Gasteiger partial charge in [0.15, 0.2) is 0 Å². The molecule has 12 heteroatoms. The summed E-state index contributed by atoms with van der Waals surface area (Å²) in [6.45, 7) is 11.5. The van der Waals surface area contributed by atoms with Crippen molar-refractivity contribution in [2.24, 2.45) is 17.8 Å². The third kappa shape index (κ3) is 12.2. The van der Waals surface area contributed by atoms with Crippen LogP contribution in [0.2, 0.25) is 0 Å². The van der Waals surface area contributed by atoms with E-state index >= 15 is 0 Å². The maximum atomic E-state index is 14.1. The highest BCUT2D eigenvalue weighted by atomic mass is 16.5. The summed E-state index contributed by atoms with van der Waals surface area (Å²) in [6.07, 6.45) is 2.73. The number of esters is 1. The van der Waals surface area contributed by atoms with Gasteiger partial charge in [-0.25, -0.2) is 4.98 Å². The van der Waals surface area contributed by atoms with Crippen LogP contribution in [0.1, 0.15) is 101 Å². The highest BCUT2D eigenvalue weighted by molar-refractivity contribution is 5.92. The average molecular weight is 708 g/mol. The van der Waals surface area contributed by atoms with Crippen molar-refractivity contribution in [3.05, 3.63) is 65.5 Å². The highest BCUT2D eigenvalue weighted by Crippen LogP contribution is 2.28. The Balaban J connectivity index is 1.83. The second-order valence-electron chi connectivity index (χ2n) is 14.6. The first-order valence-electron chi connectivity index (χ1n) is 18.1. The fourth-order valence-corrected chi connectivity index (χ4v) is 6.71. The number of carbonyl (C=O) groups excluding carboxylic acids is 4. The number of rotatable bonds is 17. The van der Waals surface area contributed by atoms with Crippen molar-refractivity contribution in [1.82, 2.24) is 25.4 Å². The molecule has 3 N–H and O–H groups in total. The van der Waals surface area contributed by atoms with Gasteiger partial charge in [-0.2, -0.15) is 0 Å². The summed E-state index contributed by atoms with van der Waals surface area (Å²) in [5, 5.41) is 15.5. The number of carboxylic acid groups (broad SMARTS) is 1. The van der Waals surface area contributed by atoms with Crippen LogP contribution in [-0.4, -0.2) is 94.4 Å². The predicted molar refractivity (Wildman–Crippen MR) is 195 cm³/mol. The molecular weight excluding hydrogens is 650 g/mol. The molecule has 0 aliphatic carbocycles. The molecule has 2 aromatic rings. The van der Waals surface area contributed by atoms with E-state index in [2.05, 4.69) is 15.6 Å². The van der Waals surface area contributed by atoms with Gasteiger partial charge in [0.1, 0.15) is 17.8 Å². The summed E-state index contributed by atoms with van der Waals surface area (Å²) < 4.78 is 5.77. The van der Waals surface area contributed by atoms with Crippen molar-refractivity contribution in [2.75, 3.05) is 20.6 Å². The molecule has 1 aliphatic heterocycles. The monoisotopic (exact) mass is 707 g/mol. The van der Waals surface area contributed by atoms with Crippen molar-refractivity contribution >= 4 is 29.7 Å². The third-order valence-corrected chi connectivity index (χ3v) is 9.73. The first kappa shape index (κ1) is 41.1. The van der Waals surface area contributed by atoms with Crippen LogP contribution in [0.25, 0.3) is 0 Å². The number of hydrogen-bond acceptors (Lipinski definition) is 8. The van der Waals surface area contributed by atoms with E-state index in [1.807, 2.05) is 70.0 Å². The Morgan fingerprint density at radius 1 is 0.941 bits per heavy atom. The fourth-order valence-electron chi connectivity index (χ4n) is 6.71. The lowest BCUT2D eigenvalue weighted by Crippen LogP contribution is -2.57. The molecule has 3 rings (SSSR count). The molecule has 3 amide bonds. The van der Waals surface area contributed by atoms with E-state index in [-0.39, 0.29) is 48.2 Å². The maximum Gasteiger partial charge on any atom is 0.306 e. The molecule has 51 heavy (non-hydrogen) atoms. The van der Waals surface area contributed by atoms with Crippen molar-refractivity contribution in [3.8, 4) is 0 Å². The van der Waals surface area contributed by atoms with Gasteiger partial charge in [0.2, 0.25) is 11.8 Å². The van der Waals surface area contributed by atoms with Crippen LogP contribution < -0.4 is 10.6 Å². The molecule has 0 radical (unpaired) electrons. The van der Waals surface area contributed by atoms with Gasteiger partial charge >= 0.3 is 11.9 Å². The zero-order chi connectivity index (χ0) is 37.8. The van der Waals surface area contributed by atoms with E-state index in [1.54, 1.807) is 37.1 Å². The molecule has 1 aromatic heterocycles. The SMILES string of the molecule is CC(=O)OC(CC(C(C)C)N(C)C(=O)C(NC(=O)[C@H]1CCCCN1C)C(C)C)c1cccc(C(=O)NC(Cc2ccccc2)CC(C)C(=O)O)n1. The van der Waals surface area contributed by atoms with Crippen molar-refractivity contribution in [2.45, 2.75) is 110 Å². The molecule has 1 aliphatic rings. The Bertz CT molecular complexity index is 1480. The van der Waals surface area contributed by atoms with E-state index in [9.17, 15) is 29.1 Å². The zero-order valence-electron chi connectivity index (χ0n) is 31.4. The molecular formula is C39H57N5O7. The molecule has 0 saturated carbocycles. The fraction of sp³-hybridized carbons (Fsp3) is 0.590. The molecule has 2 heterocycles. The van der Waals surface area contributed by atoms with Crippen molar-refractivity contribution < 1.29 is 33.8 Å². The number of amides is 3. The van der Waals surface area contributed by atoms with E-state index in [0.29, 0.717) is 12.1 Å². The number of aliphatic carboxylic acids is 1. The zero-order valence-corrected chi connectivity index (χ0v) is 31.4. The number of nitrogens with zero attached hydrogens (tertiary/aromatic N) is 3. The number of piperidine rings is 1. The lowest BCUT2D eigenvalue weighted by atomic mass is 9.93. The first-order valence-corrected chi connectivity index (χ1v) is 18.1. The summed E-state index contributed by atoms with van der Waals surface area (Å²) in [4.78, 5) is 73.2. The number of pyridine rings is 1. The summed E-state index contributed by atoms with van der Waals surface area (Å²) in [7, 11) is 3.63. The van der Waals surface area contributed by atoms with E-state index in [1.165, 1.54) is 6.92 Å². The van der Waals surface area contributed by atoms with Gasteiger partial charge in [-0.05, 0) is 68.8 Å². The van der Waals surface area contributed by atoms with Crippen LogP contribution in [-0.2, 0) is 30.3 Å². The highest BCUT2D eigenvalue weighted by Gasteiger charge is 2.36. The van der Waals surface area contributed by atoms with Gasteiger partial charge in [-0.3, -0.25) is 28.9 Å². The number of carboxylic acids is 1. The molecule has 12 nitrogen and oxygen atoms in total. The minimum Gasteiger partial charge on any atom is -0.481 e. The summed E-state index contributed by atoms with van der Waals surface area (Å²) in [5.41, 5.74) is 1.39. The number of carbonyl (C=O) groups is 5. The molecule has 0 bridgehead atoms. The number of hydrogen-bond donors (Lipinski definition) is 3. The van der Waals surface area contributed by atoms with Gasteiger partial charge in [-0.15, -0.1) is 0 Å². The average Bonchev–Trinajstić information content (AvgIpc) is 3.08. The Kier molecular flexibility index (Phi) is 15.6. The second-order valence-corrected chi connectivity index (χ2v) is 14.6. The Labute approximate surface area is 302 Å². The van der Waals surface area contributed by atoms with Crippen LogP contribution in [0.3, 0.4) is 0 Å². The maximum absolute atomic E-state index is 14.1. The number of benzene rings is 1. The lowest BCUT2D eigenvalue weighted by Gasteiger charge is -2.38. The Morgan fingerprint density at radius 2 is 1.63 bits per heavy atom. The second kappa shape index (κ2) is 19.3. The molecule has 280 valence electrons. The summed E-state index contributed by atoms with van der Waals surface area (Å²) in [6, 6.07) is 12.5. The molecule has 5 unspecified atom stereocenters. The number of likely N-dealkylation sites (N-methyl/N-ethyl adjacent to an activating group) is 2. The minimum absolute atomic E-state index is 0.0635. The Morgan fingerprint density at radius 3 is 2.22 bits per heavy atom. The number of aromatic nitrogens is 1. The molecule has 6 atom stereocenters. The topological polar surface area (TPSA) is 158 Å². The Hall–Kier alpha value is -4.32. The lowest BCUT2D eigenvalue weighted by molar-refractivity contribution is -0.149. The van der Waals surface area contributed by atoms with Gasteiger partial charge < -0.3 is 25.4 Å². The number of nitrogens with one attached hydrogen (secondary N) is 2. The molecule has 1 saturated heterocycles. The van der Waals surface area contributed by atoms with Gasteiger partial charge in [0.05, 0.1) is 17.7 Å². The number of likely N-dealkylation sites (tertiary alicyclic amines) is 1. The van der Waals surface area contributed by atoms with E-state index in [4.69, 9.17) is 4.74 Å². The van der Waals surface area contributed by atoms with Gasteiger partial charge in [0, 0.05) is 32.5 Å². The van der Waals surface area contributed by atoms with Crippen molar-refractivity contribution in [3.63, 3.8) is 0 Å². The standard InChI is InChI=1S/C39H57N5O7/c1-24(2)33(44(8)38(48)35(25(3)4)42-37(47)32-19-12-13-20-43(32)7)23-34(51-27(6)45)30-17-14-18-31(41-30)36(46)40-29(21-26(5)39(49)50)22-28-15-10-9-11-16-28/h9-11,14-18,24-26,29,32-35H,12-13,19-23H2,1-8H3,(H,40,46)(H,42,47)(H,49,50)/t26?,29?,32-,33?,34?,35?/m1/s1. The first-order chi connectivity index (χ1) is 24.1. The predicted octanol–water partition coefficient (Wildman–Crippen LogP) is 4.64. The third-order valence-electron chi connectivity index (χ3n) is 9.73. The quantitative estimate of drug-likeness (QED) is 0.199. The van der Waals surface area contributed by atoms with Crippen LogP contribution in [0, 0.1) is 17.8 Å². The van der Waals surface area contributed by atoms with Crippen LogP contribution in [0.15, 0.2) is 48.5 Å². The van der Waals surface area contributed by atoms with Crippen molar-refractivity contribution in [1.29, 1.82) is 0 Å². The van der Waals surface area contributed by atoms with Gasteiger partial charge in [0.25, 0.3) is 5.91 Å². The van der Waals surface area contributed by atoms with E-state index in [0.717, 1.165) is 31.4 Å². The smallest absolute Gasteiger partial charge is 0.306 e. The summed E-state index contributed by atoms with van der Waals surface area (Å²) >= 11 is 0. The molecule has 1 fully saturated rings.